The summed E-state index contributed by atoms with van der Waals surface area (Å²) in [4.78, 5) is 4.36. The minimum Gasteiger partial charge on any atom is -0.386 e. The van der Waals surface area contributed by atoms with Crippen molar-refractivity contribution in [1.29, 1.82) is 0 Å². The predicted octanol–water partition coefficient (Wildman–Crippen LogP) is 4.50. The molecule has 1 aliphatic rings. The molecule has 0 fully saturated rings. The van der Waals surface area contributed by atoms with Gasteiger partial charge in [0.05, 0.1) is 11.4 Å². The molecule has 0 radical (unpaired) electrons. The number of aliphatic imine (C=N–C) groups is 1. The number of nitrogens with zero attached hydrogens (tertiary/aromatic N) is 1. The van der Waals surface area contributed by atoms with Gasteiger partial charge in [0.2, 0.25) is 0 Å². The molecule has 21 heavy (non-hydrogen) atoms. The minimum absolute atomic E-state index is 0.958. The predicted molar refractivity (Wildman–Crippen MR) is 92.4 cm³/mol. The van der Waals surface area contributed by atoms with Crippen molar-refractivity contribution in [3.8, 4) is 0 Å². The Bertz CT molecular complexity index is 618. The quantitative estimate of drug-likeness (QED) is 0.789. The summed E-state index contributed by atoms with van der Waals surface area (Å²) < 4.78 is 0. The molecule has 2 nitrogen and oxygen atoms in total. The largest absolute Gasteiger partial charge is 0.386 e. The van der Waals surface area contributed by atoms with Crippen LogP contribution in [0.2, 0.25) is 0 Å². The van der Waals surface area contributed by atoms with Crippen LogP contribution < -0.4 is 5.32 Å². The summed E-state index contributed by atoms with van der Waals surface area (Å²) in [6, 6.07) is 8.44. The summed E-state index contributed by atoms with van der Waals surface area (Å²) in [5, 5.41) is 3.36. The van der Waals surface area contributed by atoms with Crippen LogP contribution in [-0.2, 0) is 6.42 Å². The van der Waals surface area contributed by atoms with Crippen molar-refractivity contribution in [3.63, 3.8) is 0 Å². The van der Waals surface area contributed by atoms with Crippen LogP contribution in [-0.4, -0.2) is 13.8 Å². The lowest BCUT2D eigenvalue weighted by atomic mass is 9.92. The third-order valence-electron chi connectivity index (χ3n) is 4.00. The Morgan fingerprint density at radius 3 is 2.71 bits per heavy atom. The maximum atomic E-state index is 4.36. The molecule has 0 saturated carbocycles. The molecule has 0 unspecified atom stereocenters. The van der Waals surface area contributed by atoms with Gasteiger partial charge in [-0.3, -0.25) is 4.99 Å². The van der Waals surface area contributed by atoms with Crippen LogP contribution in [0.3, 0.4) is 0 Å². The number of allylic oxidation sites excluding steroid dienone is 4. The molecule has 2 heteroatoms. The van der Waals surface area contributed by atoms with Gasteiger partial charge in [-0.15, -0.1) is 0 Å². The molecule has 0 heterocycles. The summed E-state index contributed by atoms with van der Waals surface area (Å²) in [6.07, 6.45) is 7.55. The van der Waals surface area contributed by atoms with Gasteiger partial charge in [0.25, 0.3) is 0 Å². The Morgan fingerprint density at radius 1 is 1.33 bits per heavy atom. The zero-order valence-electron chi connectivity index (χ0n) is 13.2. The first-order chi connectivity index (χ1) is 10.2. The molecule has 2 rings (SSSR count). The fourth-order valence-corrected chi connectivity index (χ4v) is 2.88. The molecule has 0 bridgehead atoms. The van der Waals surface area contributed by atoms with Crippen molar-refractivity contribution in [3.05, 3.63) is 64.4 Å². The standard InChI is InChI=1S/C19H24N2/c1-5-15-11-7-9-13-17(15)19(21-4)18(20-3)16-12-8-6-10-14(16)2/h6-7,9-11,13,20H,4-5,8,12H2,1-3H3/b19-18-. The number of benzene rings is 1. The van der Waals surface area contributed by atoms with Gasteiger partial charge in [0.1, 0.15) is 0 Å². The average Bonchev–Trinajstić information content (AvgIpc) is 2.53. The summed E-state index contributed by atoms with van der Waals surface area (Å²) in [5.41, 5.74) is 7.19. The highest BCUT2D eigenvalue weighted by Gasteiger charge is 2.16. The van der Waals surface area contributed by atoms with Gasteiger partial charge in [0.15, 0.2) is 0 Å². The minimum atomic E-state index is 0.958. The van der Waals surface area contributed by atoms with Crippen LogP contribution in [0.15, 0.2) is 58.3 Å². The third-order valence-corrected chi connectivity index (χ3v) is 4.00. The second-order valence-electron chi connectivity index (χ2n) is 5.25. The van der Waals surface area contributed by atoms with E-state index in [-0.39, 0.29) is 0 Å². The molecule has 0 spiro atoms. The lowest BCUT2D eigenvalue weighted by molar-refractivity contribution is 0.886. The van der Waals surface area contributed by atoms with Gasteiger partial charge in [-0.2, -0.15) is 0 Å². The number of hydrogen-bond donors (Lipinski definition) is 1. The summed E-state index contributed by atoms with van der Waals surface area (Å²) >= 11 is 0. The highest BCUT2D eigenvalue weighted by atomic mass is 14.9. The maximum Gasteiger partial charge on any atom is 0.0931 e. The molecule has 0 aromatic heterocycles. The van der Waals surface area contributed by atoms with Crippen LogP contribution in [0.25, 0.3) is 5.70 Å². The van der Waals surface area contributed by atoms with Crippen molar-refractivity contribution in [2.45, 2.75) is 33.1 Å². The van der Waals surface area contributed by atoms with Crippen LogP contribution in [0, 0.1) is 0 Å². The van der Waals surface area contributed by atoms with E-state index >= 15 is 0 Å². The zero-order valence-corrected chi connectivity index (χ0v) is 13.2. The second kappa shape index (κ2) is 7.07. The van der Waals surface area contributed by atoms with Crippen LogP contribution in [0.1, 0.15) is 37.8 Å². The molecule has 0 saturated heterocycles. The van der Waals surface area contributed by atoms with E-state index in [1.54, 1.807) is 0 Å². The fraction of sp³-hybridized carbons (Fsp3) is 0.316. The van der Waals surface area contributed by atoms with E-state index in [0.29, 0.717) is 0 Å². The van der Waals surface area contributed by atoms with Crippen LogP contribution in [0.5, 0.6) is 0 Å². The van der Waals surface area contributed by atoms with Gasteiger partial charge in [0, 0.05) is 12.6 Å². The average molecular weight is 280 g/mol. The SMILES string of the molecule is C=N/C(=C(\NC)C1=C(C)C=CCC1)c1ccccc1CC. The number of rotatable bonds is 5. The van der Waals surface area contributed by atoms with E-state index in [0.717, 1.165) is 30.7 Å². The normalized spacial score (nSPS) is 15.8. The number of likely N-dealkylation sites (N-methyl/N-ethyl adjacent to an activating group) is 1. The van der Waals surface area contributed by atoms with Crippen molar-refractivity contribution in [1.82, 2.24) is 5.32 Å². The van der Waals surface area contributed by atoms with Crippen LogP contribution in [0.4, 0.5) is 0 Å². The number of nitrogens with one attached hydrogen (secondary N) is 1. The Balaban J connectivity index is 2.64. The molecule has 110 valence electrons. The molecule has 1 aromatic rings. The van der Waals surface area contributed by atoms with E-state index in [9.17, 15) is 0 Å². The Labute approximate surface area is 128 Å². The van der Waals surface area contributed by atoms with Crippen LogP contribution >= 0.6 is 0 Å². The Hall–Kier alpha value is -2.09. The van der Waals surface area contributed by atoms with Gasteiger partial charge >= 0.3 is 0 Å². The van der Waals surface area contributed by atoms with E-state index in [4.69, 9.17) is 0 Å². The monoisotopic (exact) mass is 280 g/mol. The van der Waals surface area contributed by atoms with Crippen molar-refractivity contribution >= 4 is 12.4 Å². The van der Waals surface area contributed by atoms with E-state index in [1.165, 1.54) is 22.3 Å². The summed E-state index contributed by atoms with van der Waals surface area (Å²) in [5.74, 6) is 0. The maximum absolute atomic E-state index is 4.36. The van der Waals surface area contributed by atoms with E-state index in [1.807, 2.05) is 7.05 Å². The lowest BCUT2D eigenvalue weighted by Crippen LogP contribution is -2.14. The molecular formula is C19H24N2. The summed E-state index contributed by atoms with van der Waals surface area (Å²) in [6.45, 7) is 8.15. The first-order valence-corrected chi connectivity index (χ1v) is 7.56. The highest BCUT2D eigenvalue weighted by molar-refractivity contribution is 5.76. The van der Waals surface area contributed by atoms with Gasteiger partial charge in [-0.25, -0.2) is 0 Å². The molecule has 1 aliphatic carbocycles. The van der Waals surface area contributed by atoms with Crippen molar-refractivity contribution in [2.24, 2.45) is 4.99 Å². The highest BCUT2D eigenvalue weighted by Crippen LogP contribution is 2.31. The number of hydrogen-bond acceptors (Lipinski definition) is 2. The van der Waals surface area contributed by atoms with E-state index < -0.39 is 0 Å². The molecule has 1 aromatic carbocycles. The smallest absolute Gasteiger partial charge is 0.0931 e. The number of aryl methyl sites for hydroxylation is 1. The van der Waals surface area contributed by atoms with Crippen molar-refractivity contribution < 1.29 is 0 Å². The Kier molecular flexibility index (Phi) is 5.15. The molecule has 0 atom stereocenters. The first-order valence-electron chi connectivity index (χ1n) is 7.56. The van der Waals surface area contributed by atoms with Gasteiger partial charge < -0.3 is 5.32 Å². The second-order valence-corrected chi connectivity index (χ2v) is 5.25. The van der Waals surface area contributed by atoms with Gasteiger partial charge in [-0.1, -0.05) is 43.3 Å². The molecule has 0 amide bonds. The Morgan fingerprint density at radius 2 is 2.10 bits per heavy atom. The van der Waals surface area contributed by atoms with Crippen molar-refractivity contribution in [2.75, 3.05) is 7.05 Å². The first kappa shape index (κ1) is 15.3. The van der Waals surface area contributed by atoms with E-state index in [2.05, 4.69) is 67.3 Å². The zero-order chi connectivity index (χ0) is 15.2. The lowest BCUT2D eigenvalue weighted by Gasteiger charge is -2.20. The topological polar surface area (TPSA) is 24.4 Å². The third kappa shape index (κ3) is 3.15. The molecule has 1 N–H and O–H groups in total. The summed E-state index contributed by atoms with van der Waals surface area (Å²) in [7, 11) is 1.97. The fourth-order valence-electron chi connectivity index (χ4n) is 2.88. The molecular weight excluding hydrogens is 256 g/mol. The van der Waals surface area contributed by atoms with Gasteiger partial charge in [-0.05, 0) is 49.6 Å². The molecule has 0 aliphatic heterocycles.